The first-order valence-electron chi connectivity index (χ1n) is 6.11. The summed E-state index contributed by atoms with van der Waals surface area (Å²) in [5, 5.41) is 0.810. The van der Waals surface area contributed by atoms with E-state index >= 15 is 0 Å². The van der Waals surface area contributed by atoms with Crippen molar-refractivity contribution in [2.24, 2.45) is 11.7 Å². The normalized spacial score (nSPS) is 30.3. The molecule has 16 heavy (non-hydrogen) atoms. The van der Waals surface area contributed by atoms with E-state index in [-0.39, 0.29) is 5.54 Å². The SMILES string of the molecule is CC1CCCC(N)(Cc2cccc(Cl)c2)C1. The van der Waals surface area contributed by atoms with Crippen LogP contribution < -0.4 is 5.73 Å². The molecule has 0 aromatic heterocycles. The molecule has 1 aliphatic rings. The average molecular weight is 238 g/mol. The molecule has 0 spiro atoms. The van der Waals surface area contributed by atoms with Crippen molar-refractivity contribution >= 4 is 11.6 Å². The molecular weight excluding hydrogens is 218 g/mol. The van der Waals surface area contributed by atoms with Gasteiger partial charge in [0.1, 0.15) is 0 Å². The molecule has 2 N–H and O–H groups in total. The van der Waals surface area contributed by atoms with Crippen LogP contribution in [0.4, 0.5) is 0 Å². The number of nitrogens with two attached hydrogens (primary N) is 1. The van der Waals surface area contributed by atoms with Crippen LogP contribution in [-0.4, -0.2) is 5.54 Å². The smallest absolute Gasteiger partial charge is 0.0408 e. The third kappa shape index (κ3) is 2.99. The summed E-state index contributed by atoms with van der Waals surface area (Å²) in [5.41, 5.74) is 7.74. The van der Waals surface area contributed by atoms with Gasteiger partial charge in [-0.15, -0.1) is 0 Å². The highest BCUT2D eigenvalue weighted by Crippen LogP contribution is 2.33. The number of hydrogen-bond acceptors (Lipinski definition) is 1. The van der Waals surface area contributed by atoms with E-state index < -0.39 is 0 Å². The summed E-state index contributed by atoms with van der Waals surface area (Å²) in [6.07, 6.45) is 5.83. The molecular formula is C14H20ClN. The Morgan fingerprint density at radius 1 is 1.50 bits per heavy atom. The van der Waals surface area contributed by atoms with Crippen molar-refractivity contribution < 1.29 is 0 Å². The number of benzene rings is 1. The molecule has 2 atom stereocenters. The van der Waals surface area contributed by atoms with Crippen LogP contribution in [0.3, 0.4) is 0 Å². The third-order valence-corrected chi connectivity index (χ3v) is 3.81. The van der Waals surface area contributed by atoms with Gasteiger partial charge in [0.25, 0.3) is 0 Å². The second kappa shape index (κ2) is 4.77. The van der Waals surface area contributed by atoms with Gasteiger partial charge in [0.2, 0.25) is 0 Å². The predicted molar refractivity (Wildman–Crippen MR) is 69.7 cm³/mol. The first kappa shape index (κ1) is 11.9. The van der Waals surface area contributed by atoms with E-state index in [0.717, 1.165) is 30.2 Å². The summed E-state index contributed by atoms with van der Waals surface area (Å²) in [4.78, 5) is 0. The maximum absolute atomic E-state index is 6.49. The van der Waals surface area contributed by atoms with Crippen LogP contribution in [0.2, 0.25) is 5.02 Å². The minimum atomic E-state index is -0.0116. The van der Waals surface area contributed by atoms with Gasteiger partial charge in [-0.2, -0.15) is 0 Å². The van der Waals surface area contributed by atoms with Crippen LogP contribution in [0.25, 0.3) is 0 Å². The highest BCUT2D eigenvalue weighted by Gasteiger charge is 2.30. The topological polar surface area (TPSA) is 26.0 Å². The molecule has 1 aromatic rings. The number of halogens is 1. The lowest BCUT2D eigenvalue weighted by Gasteiger charge is -2.37. The van der Waals surface area contributed by atoms with Crippen molar-refractivity contribution in [2.45, 2.75) is 44.6 Å². The Balaban J connectivity index is 2.08. The van der Waals surface area contributed by atoms with Crippen molar-refractivity contribution in [3.8, 4) is 0 Å². The fourth-order valence-electron chi connectivity index (χ4n) is 2.91. The van der Waals surface area contributed by atoms with E-state index in [1.807, 2.05) is 18.2 Å². The lowest BCUT2D eigenvalue weighted by Crippen LogP contribution is -2.45. The number of hydrogen-bond donors (Lipinski definition) is 1. The van der Waals surface area contributed by atoms with Gasteiger partial charge in [0.05, 0.1) is 0 Å². The Morgan fingerprint density at radius 2 is 2.31 bits per heavy atom. The van der Waals surface area contributed by atoms with Gasteiger partial charge < -0.3 is 5.73 Å². The van der Waals surface area contributed by atoms with Gasteiger partial charge in [-0.1, -0.05) is 43.5 Å². The maximum Gasteiger partial charge on any atom is 0.0408 e. The van der Waals surface area contributed by atoms with Crippen molar-refractivity contribution in [1.29, 1.82) is 0 Å². The molecule has 0 amide bonds. The van der Waals surface area contributed by atoms with E-state index in [1.54, 1.807) is 0 Å². The van der Waals surface area contributed by atoms with E-state index in [2.05, 4.69) is 13.0 Å². The molecule has 0 aliphatic heterocycles. The molecule has 1 saturated carbocycles. The zero-order chi connectivity index (χ0) is 11.6. The summed E-state index contributed by atoms with van der Waals surface area (Å²) < 4.78 is 0. The summed E-state index contributed by atoms with van der Waals surface area (Å²) in [7, 11) is 0. The molecule has 0 radical (unpaired) electrons. The first-order valence-corrected chi connectivity index (χ1v) is 6.49. The molecule has 0 heterocycles. The van der Waals surface area contributed by atoms with Crippen molar-refractivity contribution in [3.63, 3.8) is 0 Å². The van der Waals surface area contributed by atoms with Crippen LogP contribution in [0.1, 0.15) is 38.2 Å². The van der Waals surface area contributed by atoms with Gasteiger partial charge in [-0.05, 0) is 42.9 Å². The van der Waals surface area contributed by atoms with Gasteiger partial charge in [0, 0.05) is 10.6 Å². The van der Waals surface area contributed by atoms with E-state index in [4.69, 9.17) is 17.3 Å². The highest BCUT2D eigenvalue weighted by molar-refractivity contribution is 6.30. The highest BCUT2D eigenvalue weighted by atomic mass is 35.5. The average Bonchev–Trinajstić information content (AvgIpc) is 2.16. The van der Waals surface area contributed by atoms with Crippen LogP contribution in [0, 0.1) is 5.92 Å². The van der Waals surface area contributed by atoms with Crippen LogP contribution in [0.5, 0.6) is 0 Å². The standard InChI is InChI=1S/C14H20ClN/c1-11-4-3-7-14(16,9-11)10-12-5-2-6-13(15)8-12/h2,5-6,8,11H,3-4,7,9-10,16H2,1H3. The minimum absolute atomic E-state index is 0.0116. The molecule has 2 rings (SSSR count). The van der Waals surface area contributed by atoms with Crippen LogP contribution in [0.15, 0.2) is 24.3 Å². The van der Waals surface area contributed by atoms with E-state index in [1.165, 1.54) is 18.4 Å². The Bertz CT molecular complexity index is 364. The van der Waals surface area contributed by atoms with E-state index in [0.29, 0.717) is 0 Å². The Kier molecular flexibility index (Phi) is 3.56. The van der Waals surface area contributed by atoms with Gasteiger partial charge >= 0.3 is 0 Å². The van der Waals surface area contributed by atoms with Crippen LogP contribution >= 0.6 is 11.6 Å². The predicted octanol–water partition coefficient (Wildman–Crippen LogP) is 3.79. The Hall–Kier alpha value is -0.530. The molecule has 1 aromatic carbocycles. The van der Waals surface area contributed by atoms with Gasteiger partial charge in [-0.25, -0.2) is 0 Å². The Morgan fingerprint density at radius 3 is 3.00 bits per heavy atom. The second-order valence-corrected chi connectivity index (χ2v) is 5.81. The van der Waals surface area contributed by atoms with Crippen molar-refractivity contribution in [1.82, 2.24) is 0 Å². The summed E-state index contributed by atoms with van der Waals surface area (Å²) in [6, 6.07) is 8.08. The minimum Gasteiger partial charge on any atom is -0.325 e. The molecule has 88 valence electrons. The molecule has 0 bridgehead atoms. The van der Waals surface area contributed by atoms with Gasteiger partial charge in [-0.3, -0.25) is 0 Å². The third-order valence-electron chi connectivity index (χ3n) is 3.57. The van der Waals surface area contributed by atoms with E-state index in [9.17, 15) is 0 Å². The molecule has 2 heteroatoms. The lowest BCUT2D eigenvalue weighted by atomic mass is 9.74. The second-order valence-electron chi connectivity index (χ2n) is 5.37. The zero-order valence-electron chi connectivity index (χ0n) is 9.88. The lowest BCUT2D eigenvalue weighted by molar-refractivity contribution is 0.235. The largest absolute Gasteiger partial charge is 0.325 e. The zero-order valence-corrected chi connectivity index (χ0v) is 10.6. The summed E-state index contributed by atoms with van der Waals surface area (Å²) in [5.74, 6) is 0.762. The quantitative estimate of drug-likeness (QED) is 0.832. The monoisotopic (exact) mass is 237 g/mol. The maximum atomic E-state index is 6.49. The van der Waals surface area contributed by atoms with Crippen LogP contribution in [-0.2, 0) is 6.42 Å². The fraction of sp³-hybridized carbons (Fsp3) is 0.571. The molecule has 1 nitrogen and oxygen atoms in total. The summed E-state index contributed by atoms with van der Waals surface area (Å²) in [6.45, 7) is 2.30. The molecule has 0 saturated heterocycles. The van der Waals surface area contributed by atoms with Crippen molar-refractivity contribution in [2.75, 3.05) is 0 Å². The molecule has 1 fully saturated rings. The molecule has 1 aliphatic carbocycles. The van der Waals surface area contributed by atoms with Crippen molar-refractivity contribution in [3.05, 3.63) is 34.9 Å². The summed E-state index contributed by atoms with van der Waals surface area (Å²) >= 11 is 6.00. The fourth-order valence-corrected chi connectivity index (χ4v) is 3.13. The van der Waals surface area contributed by atoms with Gasteiger partial charge in [0.15, 0.2) is 0 Å². The number of rotatable bonds is 2. The molecule has 2 unspecified atom stereocenters. The Labute approximate surface area is 103 Å². The first-order chi connectivity index (χ1) is 7.57.